The highest BCUT2D eigenvalue weighted by Crippen LogP contribution is 2.39. The molecule has 3 rings (SSSR count). The number of anilines is 2. The average molecular weight is 284 g/mol. The Balaban J connectivity index is 1.97. The lowest BCUT2D eigenvalue weighted by Gasteiger charge is -2.20. The second kappa shape index (κ2) is 5.01. The molecule has 1 heterocycles. The van der Waals surface area contributed by atoms with Crippen molar-refractivity contribution >= 4 is 17.3 Å². The zero-order chi connectivity index (χ0) is 15.0. The number of hydrogen-bond donors (Lipinski definition) is 2. The van der Waals surface area contributed by atoms with Gasteiger partial charge in [0.25, 0.3) is 5.91 Å². The second-order valence-electron chi connectivity index (χ2n) is 5.02. The minimum atomic E-state index is -0.190. The lowest BCUT2D eigenvalue weighted by Crippen LogP contribution is -2.25. The summed E-state index contributed by atoms with van der Waals surface area (Å²) in [5.41, 5.74) is 9.22. The van der Waals surface area contributed by atoms with E-state index in [0.29, 0.717) is 22.9 Å². The molecule has 0 spiro atoms. The fourth-order valence-corrected chi connectivity index (χ4v) is 2.16. The third-order valence-electron chi connectivity index (χ3n) is 3.52. The van der Waals surface area contributed by atoms with Gasteiger partial charge in [-0.1, -0.05) is 12.1 Å². The van der Waals surface area contributed by atoms with Crippen LogP contribution in [0.3, 0.4) is 0 Å². The first kappa shape index (κ1) is 13.3. The molecule has 2 aromatic rings. The summed E-state index contributed by atoms with van der Waals surface area (Å²) in [5, 5.41) is 2.74. The van der Waals surface area contributed by atoms with E-state index in [4.69, 9.17) is 15.2 Å². The summed E-state index contributed by atoms with van der Waals surface area (Å²) >= 11 is 0. The van der Waals surface area contributed by atoms with E-state index in [0.717, 1.165) is 16.9 Å². The fourth-order valence-electron chi connectivity index (χ4n) is 2.16. The van der Waals surface area contributed by atoms with Crippen molar-refractivity contribution in [1.29, 1.82) is 0 Å². The smallest absolute Gasteiger partial charge is 0.262 e. The molecule has 0 fully saturated rings. The number of fused-ring (bicyclic) bond motifs is 1. The molecular weight excluding hydrogens is 268 g/mol. The number of aryl methyl sites for hydroxylation is 1. The van der Waals surface area contributed by atoms with Crippen molar-refractivity contribution in [2.75, 3.05) is 17.7 Å². The molecule has 1 aliphatic rings. The largest absolute Gasteiger partial charge is 0.481 e. The molecule has 5 nitrogen and oxygen atoms in total. The van der Waals surface area contributed by atoms with Gasteiger partial charge in [0.05, 0.1) is 11.4 Å². The number of carbonyl (C=O) groups is 1. The summed E-state index contributed by atoms with van der Waals surface area (Å²) in [4.78, 5) is 11.4. The highest BCUT2D eigenvalue weighted by Gasteiger charge is 2.19. The van der Waals surface area contributed by atoms with Crippen molar-refractivity contribution in [2.45, 2.75) is 13.8 Å². The Morgan fingerprint density at radius 2 is 2.05 bits per heavy atom. The monoisotopic (exact) mass is 284 g/mol. The highest BCUT2D eigenvalue weighted by molar-refractivity contribution is 5.96. The first-order valence-electron chi connectivity index (χ1n) is 6.65. The molecule has 21 heavy (non-hydrogen) atoms. The van der Waals surface area contributed by atoms with Gasteiger partial charge in [0.15, 0.2) is 12.4 Å². The first-order valence-corrected chi connectivity index (χ1v) is 6.65. The number of hydrogen-bond acceptors (Lipinski definition) is 4. The van der Waals surface area contributed by atoms with Gasteiger partial charge in [-0.3, -0.25) is 4.79 Å². The molecule has 0 aromatic heterocycles. The van der Waals surface area contributed by atoms with Gasteiger partial charge in [-0.2, -0.15) is 0 Å². The molecule has 108 valence electrons. The van der Waals surface area contributed by atoms with Gasteiger partial charge in [0.1, 0.15) is 11.5 Å². The minimum Gasteiger partial charge on any atom is -0.481 e. The predicted molar refractivity (Wildman–Crippen MR) is 81.0 cm³/mol. The van der Waals surface area contributed by atoms with Crippen LogP contribution in [0.15, 0.2) is 30.3 Å². The summed E-state index contributed by atoms with van der Waals surface area (Å²) in [6.45, 7) is 4.01. The normalized spacial score (nSPS) is 13.1. The SMILES string of the molecule is Cc1cccc(Oc2cc3c(cc2N)OCC(=O)N3)c1C. The lowest BCUT2D eigenvalue weighted by molar-refractivity contribution is -0.118. The van der Waals surface area contributed by atoms with Crippen molar-refractivity contribution < 1.29 is 14.3 Å². The molecule has 0 radical (unpaired) electrons. The number of rotatable bonds is 2. The topological polar surface area (TPSA) is 73.6 Å². The van der Waals surface area contributed by atoms with Crippen LogP contribution in [0.2, 0.25) is 0 Å². The quantitative estimate of drug-likeness (QED) is 0.831. The van der Waals surface area contributed by atoms with Crippen molar-refractivity contribution in [2.24, 2.45) is 0 Å². The van der Waals surface area contributed by atoms with Crippen LogP contribution >= 0.6 is 0 Å². The standard InChI is InChI=1S/C16H16N2O3/c1-9-4-3-5-13(10(9)2)21-14-7-12-15(6-11(14)17)20-8-16(19)18-12/h3-7H,8,17H2,1-2H3,(H,18,19). The molecule has 1 aliphatic heterocycles. The molecule has 5 heteroatoms. The van der Waals surface area contributed by atoms with Crippen molar-refractivity contribution in [3.63, 3.8) is 0 Å². The van der Waals surface area contributed by atoms with Gasteiger partial charge in [-0.05, 0) is 31.0 Å². The number of amides is 1. The maximum absolute atomic E-state index is 11.4. The molecule has 0 saturated heterocycles. The Bertz CT molecular complexity index is 726. The maximum atomic E-state index is 11.4. The van der Waals surface area contributed by atoms with E-state index in [2.05, 4.69) is 5.32 Å². The lowest BCUT2D eigenvalue weighted by atomic mass is 10.1. The van der Waals surface area contributed by atoms with Gasteiger partial charge in [0, 0.05) is 12.1 Å². The molecule has 0 bridgehead atoms. The van der Waals surface area contributed by atoms with Gasteiger partial charge in [-0.15, -0.1) is 0 Å². The van der Waals surface area contributed by atoms with E-state index in [1.807, 2.05) is 32.0 Å². The molecule has 0 unspecified atom stereocenters. The zero-order valence-corrected chi connectivity index (χ0v) is 11.9. The van der Waals surface area contributed by atoms with Crippen LogP contribution < -0.4 is 20.5 Å². The molecule has 3 N–H and O–H groups in total. The molecule has 0 saturated carbocycles. The molecule has 1 amide bonds. The fraction of sp³-hybridized carbons (Fsp3) is 0.188. The van der Waals surface area contributed by atoms with Crippen LogP contribution in [-0.2, 0) is 4.79 Å². The van der Waals surface area contributed by atoms with E-state index in [-0.39, 0.29) is 12.5 Å². The number of ether oxygens (including phenoxy) is 2. The summed E-state index contributed by atoms with van der Waals surface area (Å²) in [7, 11) is 0. The Morgan fingerprint density at radius 1 is 1.24 bits per heavy atom. The summed E-state index contributed by atoms with van der Waals surface area (Å²) in [6.07, 6.45) is 0. The number of nitrogens with one attached hydrogen (secondary N) is 1. The number of nitrogens with two attached hydrogens (primary N) is 1. The molecular formula is C16H16N2O3. The van der Waals surface area contributed by atoms with E-state index in [1.54, 1.807) is 12.1 Å². The van der Waals surface area contributed by atoms with Crippen LogP contribution in [0.5, 0.6) is 17.2 Å². The Morgan fingerprint density at radius 3 is 2.86 bits per heavy atom. The summed E-state index contributed by atoms with van der Waals surface area (Å²) in [6, 6.07) is 9.18. The average Bonchev–Trinajstić information content (AvgIpc) is 2.45. The van der Waals surface area contributed by atoms with Gasteiger partial charge >= 0.3 is 0 Å². The molecule has 0 aliphatic carbocycles. The van der Waals surface area contributed by atoms with Crippen molar-refractivity contribution in [3.05, 3.63) is 41.5 Å². The molecule has 0 atom stereocenters. The van der Waals surface area contributed by atoms with E-state index in [1.165, 1.54) is 0 Å². The summed E-state index contributed by atoms with van der Waals surface area (Å²) < 4.78 is 11.2. The third kappa shape index (κ3) is 2.50. The highest BCUT2D eigenvalue weighted by atomic mass is 16.5. The number of nitrogen functional groups attached to an aromatic ring is 1. The van der Waals surface area contributed by atoms with Crippen LogP contribution in [0, 0.1) is 13.8 Å². The van der Waals surface area contributed by atoms with Crippen molar-refractivity contribution in [3.8, 4) is 17.2 Å². The third-order valence-corrected chi connectivity index (χ3v) is 3.52. The van der Waals surface area contributed by atoms with Crippen LogP contribution in [0.4, 0.5) is 11.4 Å². The maximum Gasteiger partial charge on any atom is 0.262 e. The van der Waals surface area contributed by atoms with Gasteiger partial charge < -0.3 is 20.5 Å². The first-order chi connectivity index (χ1) is 10.0. The van der Waals surface area contributed by atoms with E-state index < -0.39 is 0 Å². The van der Waals surface area contributed by atoms with Crippen LogP contribution in [-0.4, -0.2) is 12.5 Å². The zero-order valence-electron chi connectivity index (χ0n) is 11.9. The van der Waals surface area contributed by atoms with Gasteiger partial charge in [0.2, 0.25) is 0 Å². The van der Waals surface area contributed by atoms with E-state index in [9.17, 15) is 4.79 Å². The number of carbonyl (C=O) groups excluding carboxylic acids is 1. The van der Waals surface area contributed by atoms with E-state index >= 15 is 0 Å². The van der Waals surface area contributed by atoms with Crippen LogP contribution in [0.1, 0.15) is 11.1 Å². The minimum absolute atomic E-state index is 0.00360. The second-order valence-corrected chi connectivity index (χ2v) is 5.02. The summed E-state index contributed by atoms with van der Waals surface area (Å²) in [5.74, 6) is 1.60. The predicted octanol–water partition coefficient (Wildman–Crippen LogP) is 3.01. The number of benzene rings is 2. The Labute approximate surface area is 122 Å². The van der Waals surface area contributed by atoms with Crippen molar-refractivity contribution in [1.82, 2.24) is 0 Å². The van der Waals surface area contributed by atoms with Crippen LogP contribution in [0.25, 0.3) is 0 Å². The molecule has 2 aromatic carbocycles. The van der Waals surface area contributed by atoms with Gasteiger partial charge in [-0.25, -0.2) is 0 Å². The Hall–Kier alpha value is -2.69. The Kier molecular flexibility index (Phi) is 3.17.